The molecule has 2 N–H and O–H groups in total. The van der Waals surface area contributed by atoms with Crippen molar-refractivity contribution < 1.29 is 13.2 Å². The van der Waals surface area contributed by atoms with Crippen LogP contribution >= 0.6 is 39.0 Å². The fourth-order valence-electron chi connectivity index (χ4n) is 1.98. The molecule has 3 heterocycles. The van der Waals surface area contributed by atoms with Crippen LogP contribution < -0.4 is 5.73 Å². The van der Waals surface area contributed by atoms with Crippen molar-refractivity contribution in [1.82, 2.24) is 15.0 Å². The Morgan fingerprint density at radius 1 is 1.25 bits per heavy atom. The van der Waals surface area contributed by atoms with Crippen LogP contribution in [0.2, 0.25) is 0 Å². The van der Waals surface area contributed by atoms with Crippen LogP contribution in [0.1, 0.15) is 11.4 Å². The summed E-state index contributed by atoms with van der Waals surface area (Å²) in [7, 11) is 0. The van der Waals surface area contributed by atoms with Gasteiger partial charge in [-0.05, 0) is 28.4 Å². The molecule has 0 unspecified atom stereocenters. The van der Waals surface area contributed by atoms with E-state index in [0.29, 0.717) is 12.2 Å². The highest BCUT2D eigenvalue weighted by Crippen LogP contribution is 2.31. The average Bonchev–Trinajstić information content (AvgIpc) is 2.87. The van der Waals surface area contributed by atoms with Gasteiger partial charge >= 0.3 is 6.18 Å². The van der Waals surface area contributed by atoms with Gasteiger partial charge < -0.3 is 5.73 Å². The monoisotopic (exact) mass is 434 g/mol. The summed E-state index contributed by atoms with van der Waals surface area (Å²) in [6.45, 7) is 0. The Kier molecular flexibility index (Phi) is 4.97. The minimum atomic E-state index is -4.54. The second-order valence-corrected chi connectivity index (χ2v) is 7.64. The van der Waals surface area contributed by atoms with E-state index in [1.54, 1.807) is 17.5 Å². The predicted octanol–water partition coefficient (Wildman–Crippen LogP) is 4.78. The first kappa shape index (κ1) is 17.4. The zero-order valence-corrected chi connectivity index (χ0v) is 15.2. The van der Waals surface area contributed by atoms with E-state index in [9.17, 15) is 13.2 Å². The number of thiophene rings is 1. The second-order valence-electron chi connectivity index (χ2n) is 4.81. The van der Waals surface area contributed by atoms with Crippen molar-refractivity contribution in [1.29, 1.82) is 0 Å². The first-order valence-corrected chi connectivity index (χ1v) is 9.35. The summed E-state index contributed by atoms with van der Waals surface area (Å²) in [5, 5.41) is 3.08. The van der Waals surface area contributed by atoms with Crippen molar-refractivity contribution in [2.45, 2.75) is 17.8 Å². The van der Waals surface area contributed by atoms with E-state index in [2.05, 4.69) is 30.9 Å². The zero-order chi connectivity index (χ0) is 17.3. The summed E-state index contributed by atoms with van der Waals surface area (Å²) in [5.74, 6) is 0.308. The van der Waals surface area contributed by atoms with Gasteiger partial charge in [0.05, 0.1) is 4.70 Å². The van der Waals surface area contributed by atoms with Gasteiger partial charge in [0.1, 0.15) is 5.82 Å². The number of hydrogen-bond donors (Lipinski definition) is 1. The van der Waals surface area contributed by atoms with Gasteiger partial charge in [0.15, 0.2) is 10.9 Å². The summed E-state index contributed by atoms with van der Waals surface area (Å²) in [6, 6.07) is 2.70. The largest absolute Gasteiger partial charge is 0.433 e. The van der Waals surface area contributed by atoms with E-state index in [-0.39, 0.29) is 11.0 Å². The molecular weight excluding hydrogens is 425 g/mol. The van der Waals surface area contributed by atoms with Crippen molar-refractivity contribution in [2.24, 2.45) is 0 Å². The van der Waals surface area contributed by atoms with Gasteiger partial charge in [0.2, 0.25) is 0 Å². The van der Waals surface area contributed by atoms with Crippen molar-refractivity contribution in [3.8, 4) is 0 Å². The molecule has 0 aliphatic rings. The van der Waals surface area contributed by atoms with Crippen LogP contribution in [0, 0.1) is 0 Å². The van der Waals surface area contributed by atoms with Gasteiger partial charge in [-0.1, -0.05) is 11.8 Å². The molecule has 0 radical (unpaired) electrons. The highest BCUT2D eigenvalue weighted by Gasteiger charge is 2.33. The lowest BCUT2D eigenvalue weighted by molar-refractivity contribution is -0.141. The molecule has 0 aromatic carbocycles. The molecule has 0 bridgehead atoms. The Morgan fingerprint density at radius 2 is 2.04 bits per heavy atom. The molecule has 0 amide bonds. The molecule has 4 nitrogen and oxygen atoms in total. The lowest BCUT2D eigenvalue weighted by Crippen LogP contribution is -2.11. The number of alkyl halides is 3. The average molecular weight is 435 g/mol. The van der Waals surface area contributed by atoms with Gasteiger partial charge in [0, 0.05) is 38.9 Å². The Labute approximate surface area is 151 Å². The number of halogens is 4. The van der Waals surface area contributed by atoms with Crippen molar-refractivity contribution in [2.75, 3.05) is 11.5 Å². The third-order valence-corrected chi connectivity index (χ3v) is 5.82. The lowest BCUT2D eigenvalue weighted by Gasteiger charge is -2.08. The maximum atomic E-state index is 12.7. The standard InChI is InChI=1S/C14H10BrF3N4S2/c15-9-6-24-10-5-20-7(3-8(9)10)1-2-23-13-21-11(14(16,17)18)4-12(19)22-13/h3-6H,1-2H2,(H2,19,21,22). The Hall–Kier alpha value is -1.39. The zero-order valence-electron chi connectivity index (χ0n) is 12.0. The number of aryl methyl sites for hydroxylation is 1. The molecule has 0 aliphatic carbocycles. The van der Waals surface area contributed by atoms with E-state index in [1.165, 1.54) is 0 Å². The molecule has 0 aliphatic heterocycles. The van der Waals surface area contributed by atoms with Gasteiger partial charge in [-0.25, -0.2) is 9.97 Å². The minimum absolute atomic E-state index is 0.0140. The summed E-state index contributed by atoms with van der Waals surface area (Å²) in [5.41, 5.74) is 5.25. The highest BCUT2D eigenvalue weighted by atomic mass is 79.9. The molecule has 3 aromatic rings. The number of nitrogens with zero attached hydrogens (tertiary/aromatic N) is 3. The number of pyridine rings is 1. The first-order valence-electron chi connectivity index (χ1n) is 6.69. The van der Waals surface area contributed by atoms with E-state index in [0.717, 1.165) is 38.1 Å². The number of rotatable bonds is 4. The van der Waals surface area contributed by atoms with Crippen LogP contribution in [0.4, 0.5) is 19.0 Å². The van der Waals surface area contributed by atoms with E-state index in [1.807, 2.05) is 11.4 Å². The fourth-order valence-corrected chi connectivity index (χ4v) is 4.31. The third-order valence-electron chi connectivity index (χ3n) is 3.08. The van der Waals surface area contributed by atoms with Gasteiger partial charge in [-0.3, -0.25) is 4.98 Å². The summed E-state index contributed by atoms with van der Waals surface area (Å²) in [4.78, 5) is 11.7. The van der Waals surface area contributed by atoms with E-state index >= 15 is 0 Å². The number of fused-ring (bicyclic) bond motifs is 1. The van der Waals surface area contributed by atoms with Gasteiger partial charge in [-0.2, -0.15) is 13.2 Å². The number of nitrogens with two attached hydrogens (primary N) is 1. The number of aromatic nitrogens is 3. The Bertz CT molecular complexity index is 882. The highest BCUT2D eigenvalue weighted by molar-refractivity contribution is 9.10. The minimum Gasteiger partial charge on any atom is -0.384 e. The smallest absolute Gasteiger partial charge is 0.384 e. The van der Waals surface area contributed by atoms with Crippen molar-refractivity contribution >= 4 is 54.9 Å². The predicted molar refractivity (Wildman–Crippen MR) is 93.2 cm³/mol. The molecule has 126 valence electrons. The van der Waals surface area contributed by atoms with Crippen molar-refractivity contribution in [3.63, 3.8) is 0 Å². The molecule has 0 spiro atoms. The Morgan fingerprint density at radius 3 is 2.79 bits per heavy atom. The van der Waals surface area contributed by atoms with Crippen LogP contribution in [0.15, 0.2) is 33.3 Å². The summed E-state index contributed by atoms with van der Waals surface area (Å²) < 4.78 is 40.2. The molecule has 24 heavy (non-hydrogen) atoms. The quantitative estimate of drug-likeness (QED) is 0.472. The molecule has 0 saturated heterocycles. The molecule has 0 atom stereocenters. The molecule has 0 saturated carbocycles. The summed E-state index contributed by atoms with van der Waals surface area (Å²) in [6.07, 6.45) is -2.16. The number of hydrogen-bond acceptors (Lipinski definition) is 6. The molecular formula is C14H10BrF3N4S2. The fraction of sp³-hybridized carbons (Fsp3) is 0.214. The topological polar surface area (TPSA) is 64.7 Å². The maximum Gasteiger partial charge on any atom is 0.433 e. The van der Waals surface area contributed by atoms with E-state index < -0.39 is 11.9 Å². The van der Waals surface area contributed by atoms with Gasteiger partial charge in [0.25, 0.3) is 0 Å². The van der Waals surface area contributed by atoms with Crippen LogP contribution in [-0.4, -0.2) is 20.7 Å². The molecule has 3 rings (SSSR count). The molecule has 3 aromatic heterocycles. The van der Waals surface area contributed by atoms with Crippen molar-refractivity contribution in [3.05, 3.63) is 39.6 Å². The number of anilines is 1. The summed E-state index contributed by atoms with van der Waals surface area (Å²) >= 11 is 6.19. The maximum absolute atomic E-state index is 12.7. The van der Waals surface area contributed by atoms with Gasteiger partial charge in [-0.15, -0.1) is 11.3 Å². The van der Waals surface area contributed by atoms with Crippen LogP contribution in [-0.2, 0) is 12.6 Å². The SMILES string of the molecule is Nc1cc(C(F)(F)F)nc(SCCc2cc3c(Br)csc3cn2)n1. The van der Waals surface area contributed by atoms with Crippen LogP contribution in [0.25, 0.3) is 10.1 Å². The molecule has 0 fully saturated rings. The Balaban J connectivity index is 1.69. The van der Waals surface area contributed by atoms with Crippen LogP contribution in [0.5, 0.6) is 0 Å². The first-order chi connectivity index (χ1) is 11.3. The third kappa shape index (κ3) is 3.98. The molecule has 10 heteroatoms. The number of nitrogen functional groups attached to an aromatic ring is 1. The normalized spacial score (nSPS) is 12.0. The second kappa shape index (κ2) is 6.85. The van der Waals surface area contributed by atoms with E-state index in [4.69, 9.17) is 5.73 Å². The lowest BCUT2D eigenvalue weighted by atomic mass is 10.2. The van der Waals surface area contributed by atoms with Crippen LogP contribution in [0.3, 0.4) is 0 Å². The number of thioether (sulfide) groups is 1.